The number of hydrogen-bond acceptors (Lipinski definition) is 4. The zero-order valence-electron chi connectivity index (χ0n) is 24.4. The molecule has 6 aromatic rings. The third kappa shape index (κ3) is 4.42. The molecule has 4 aromatic carbocycles. The van der Waals surface area contributed by atoms with E-state index < -0.39 is 7.26 Å². The van der Waals surface area contributed by atoms with Crippen LogP contribution in [0.15, 0.2) is 149 Å². The zero-order valence-corrected chi connectivity index (χ0v) is 25.3. The first-order valence-corrected chi connectivity index (χ1v) is 17.1. The lowest BCUT2D eigenvalue weighted by molar-refractivity contribution is 0.275. The van der Waals surface area contributed by atoms with Gasteiger partial charge in [-0.25, -0.2) is 0 Å². The number of anilines is 1. The number of oxazole rings is 1. The van der Waals surface area contributed by atoms with Gasteiger partial charge in [0.2, 0.25) is 5.89 Å². The molecular weight excluding hydrogens is 561 g/mol. The molecule has 0 aliphatic carbocycles. The Morgan fingerprint density at radius 3 is 1.80 bits per heavy atom. The molecule has 0 amide bonds. The van der Waals surface area contributed by atoms with E-state index in [2.05, 4.69) is 114 Å². The highest BCUT2D eigenvalue weighted by Gasteiger charge is 2.54. The molecule has 0 N–H and O–H groups in total. The van der Waals surface area contributed by atoms with Crippen molar-refractivity contribution in [2.75, 3.05) is 18.0 Å². The molecule has 44 heavy (non-hydrogen) atoms. The van der Waals surface area contributed by atoms with Crippen LogP contribution in [-0.2, 0) is 6.54 Å². The number of nitrogens with zero attached hydrogens (tertiary/aromatic N) is 3. The predicted octanol–water partition coefficient (Wildman–Crippen LogP) is 5.75. The fraction of sp³-hybridized carbons (Fsp3) is 0.158. The van der Waals surface area contributed by atoms with Crippen molar-refractivity contribution in [1.29, 1.82) is 0 Å². The fourth-order valence-electron chi connectivity index (χ4n) is 7.26. The van der Waals surface area contributed by atoms with Crippen molar-refractivity contribution in [2.45, 2.75) is 18.9 Å². The van der Waals surface area contributed by atoms with Gasteiger partial charge in [0, 0.05) is 42.9 Å². The molecule has 2 aliphatic rings. The maximum atomic E-state index is 12.8. The topological polar surface area (TPSA) is 51.3 Å². The Bertz CT molecular complexity index is 1860. The number of hydrogen-bond donors (Lipinski definition) is 0. The van der Waals surface area contributed by atoms with E-state index in [4.69, 9.17) is 9.40 Å². The van der Waals surface area contributed by atoms with Crippen LogP contribution in [0.25, 0.3) is 11.5 Å². The Kier molecular flexibility index (Phi) is 6.76. The summed E-state index contributed by atoms with van der Waals surface area (Å²) >= 11 is 0. The molecule has 0 radical (unpaired) electrons. The van der Waals surface area contributed by atoms with E-state index in [0.717, 1.165) is 48.6 Å². The molecule has 4 heterocycles. The Hall–Kier alpha value is -4.73. The lowest BCUT2D eigenvalue weighted by Crippen LogP contribution is -2.49. The van der Waals surface area contributed by atoms with Crippen molar-refractivity contribution in [1.82, 2.24) is 9.55 Å². The minimum atomic E-state index is -2.52. The van der Waals surface area contributed by atoms with Gasteiger partial charge in [-0.2, -0.15) is 4.98 Å². The van der Waals surface area contributed by atoms with Crippen molar-refractivity contribution >= 4 is 34.5 Å². The Balaban J connectivity index is 1.40. The Morgan fingerprint density at radius 2 is 1.20 bits per heavy atom. The highest BCUT2D eigenvalue weighted by Crippen LogP contribution is 2.56. The number of aromatic nitrogens is 2. The maximum absolute atomic E-state index is 12.8. The molecule has 2 aliphatic heterocycles. The minimum absolute atomic E-state index is 0.0968. The molecular formula is C38H33N3O2P+. The Labute approximate surface area is 257 Å². The summed E-state index contributed by atoms with van der Waals surface area (Å²) in [6, 6.07) is 48.5. The number of fused-ring (bicyclic) bond motifs is 4. The lowest BCUT2D eigenvalue weighted by atomic mass is 9.83. The van der Waals surface area contributed by atoms with E-state index in [-0.39, 0.29) is 11.5 Å². The first kappa shape index (κ1) is 26.9. The highest BCUT2D eigenvalue weighted by molar-refractivity contribution is 8.01. The van der Waals surface area contributed by atoms with Gasteiger partial charge in [-0.05, 0) is 66.9 Å². The van der Waals surface area contributed by atoms with Crippen LogP contribution in [0.4, 0.5) is 5.88 Å². The summed E-state index contributed by atoms with van der Waals surface area (Å²) in [5, 5.41) is 3.71. The van der Waals surface area contributed by atoms with Gasteiger partial charge in [0.15, 0.2) is 7.26 Å². The first-order valence-electron chi connectivity index (χ1n) is 15.3. The van der Waals surface area contributed by atoms with E-state index in [1.807, 2.05) is 28.8 Å². The quantitative estimate of drug-likeness (QED) is 0.231. The largest absolute Gasteiger partial charge is 0.416 e. The summed E-state index contributed by atoms with van der Waals surface area (Å²) in [6.07, 6.45) is 1.07. The average molecular weight is 595 g/mol. The van der Waals surface area contributed by atoms with Gasteiger partial charge >= 0.3 is 0 Å². The molecule has 2 aromatic heterocycles. The smallest absolute Gasteiger partial charge is 0.262 e. The van der Waals surface area contributed by atoms with Crippen LogP contribution in [0.2, 0.25) is 0 Å². The van der Waals surface area contributed by atoms with Gasteiger partial charge in [0.1, 0.15) is 15.9 Å². The van der Waals surface area contributed by atoms with Gasteiger partial charge in [-0.1, -0.05) is 78.9 Å². The lowest BCUT2D eigenvalue weighted by Gasteiger charge is -2.42. The molecule has 0 spiro atoms. The van der Waals surface area contributed by atoms with Crippen LogP contribution in [0, 0.1) is 5.92 Å². The molecule has 216 valence electrons. The third-order valence-corrected chi connectivity index (χ3v) is 13.3. The van der Waals surface area contributed by atoms with Gasteiger partial charge in [0.25, 0.3) is 16.9 Å². The van der Waals surface area contributed by atoms with Crippen LogP contribution < -0.4 is 31.8 Å². The summed E-state index contributed by atoms with van der Waals surface area (Å²) in [7, 11) is -2.52. The van der Waals surface area contributed by atoms with E-state index in [9.17, 15) is 4.79 Å². The summed E-state index contributed by atoms with van der Waals surface area (Å²) in [4.78, 5) is 20.7. The van der Waals surface area contributed by atoms with Crippen molar-refractivity contribution in [3.05, 3.63) is 156 Å². The van der Waals surface area contributed by atoms with Crippen molar-refractivity contribution in [3.63, 3.8) is 0 Å². The maximum Gasteiger partial charge on any atom is 0.262 e. The standard InChI is InChI=1S/C38H33N3O2P/c42-35-23-13-22-34-30-24-28(26-41(34)35)25-40(27-30)38-37(39-36(43-38)29-14-5-1-6-15-29)44(31-16-7-2-8-17-31,32-18-9-3-10-19-32)33-20-11-4-12-21-33/h1-23,28,30H,24-27H2/q+1/t28-,30+/m1/s1. The highest BCUT2D eigenvalue weighted by atomic mass is 31.2. The molecule has 1 fully saturated rings. The first-order chi connectivity index (χ1) is 21.7. The molecule has 2 bridgehead atoms. The SMILES string of the molecule is O=c1cccc2n1C[C@@H]1C[C@H]2CN(c2oc(-c3ccccc3)nc2[P+](c2ccccc2)(c2ccccc2)c2ccccc2)C1. The van der Waals surface area contributed by atoms with Crippen LogP contribution in [0.5, 0.6) is 0 Å². The van der Waals surface area contributed by atoms with E-state index in [1.165, 1.54) is 15.9 Å². The second-order valence-electron chi connectivity index (χ2n) is 11.8. The fourth-order valence-corrected chi connectivity index (χ4v) is 11.5. The average Bonchev–Trinajstić information content (AvgIpc) is 3.53. The van der Waals surface area contributed by atoms with Gasteiger partial charge in [0.05, 0.1) is 0 Å². The minimum Gasteiger partial charge on any atom is -0.416 e. The Morgan fingerprint density at radius 1 is 0.636 bits per heavy atom. The van der Waals surface area contributed by atoms with Crippen molar-refractivity contribution in [2.24, 2.45) is 5.92 Å². The van der Waals surface area contributed by atoms with Crippen LogP contribution >= 0.6 is 7.26 Å². The van der Waals surface area contributed by atoms with Gasteiger partial charge in [-0.3, -0.25) is 4.79 Å². The normalized spacial score (nSPS) is 17.7. The van der Waals surface area contributed by atoms with Crippen molar-refractivity contribution in [3.8, 4) is 11.5 Å². The van der Waals surface area contributed by atoms with Crippen LogP contribution in [-0.4, -0.2) is 22.6 Å². The number of benzene rings is 4. The molecule has 8 rings (SSSR count). The molecule has 5 nitrogen and oxygen atoms in total. The van der Waals surface area contributed by atoms with Crippen LogP contribution in [0.3, 0.4) is 0 Å². The number of pyridine rings is 1. The third-order valence-electron chi connectivity index (χ3n) is 9.13. The summed E-state index contributed by atoms with van der Waals surface area (Å²) in [6.45, 7) is 2.31. The number of piperidine rings is 1. The molecule has 1 saturated heterocycles. The van der Waals surface area contributed by atoms with E-state index in [1.54, 1.807) is 6.07 Å². The second-order valence-corrected chi connectivity index (χ2v) is 15.1. The van der Waals surface area contributed by atoms with E-state index >= 15 is 0 Å². The summed E-state index contributed by atoms with van der Waals surface area (Å²) < 4.78 is 8.95. The molecule has 2 atom stereocenters. The molecule has 0 saturated carbocycles. The van der Waals surface area contributed by atoms with E-state index in [0.29, 0.717) is 11.8 Å². The van der Waals surface area contributed by atoms with Gasteiger partial charge in [-0.15, -0.1) is 0 Å². The number of rotatable bonds is 6. The van der Waals surface area contributed by atoms with Crippen molar-refractivity contribution < 1.29 is 4.42 Å². The predicted molar refractivity (Wildman–Crippen MR) is 180 cm³/mol. The van der Waals surface area contributed by atoms with Gasteiger partial charge < -0.3 is 13.9 Å². The summed E-state index contributed by atoms with van der Waals surface area (Å²) in [5.41, 5.74) is 3.17. The zero-order chi connectivity index (χ0) is 29.5. The molecule has 0 unspecified atom stereocenters. The molecule has 6 heteroatoms. The van der Waals surface area contributed by atoms with Crippen LogP contribution in [0.1, 0.15) is 18.0 Å². The monoisotopic (exact) mass is 594 g/mol. The summed E-state index contributed by atoms with van der Waals surface area (Å²) in [5.74, 6) is 2.06. The second kappa shape index (κ2) is 11.1.